The van der Waals surface area contributed by atoms with Crippen molar-refractivity contribution in [3.8, 4) is 0 Å². The largest absolute Gasteiger partial charge is 0.352 e. The predicted octanol–water partition coefficient (Wildman–Crippen LogP) is 1.86. The Bertz CT molecular complexity index is 564. The number of benzene rings is 1. The maximum Gasteiger partial charge on any atom is 0.224 e. The molecule has 0 saturated carbocycles. The topological polar surface area (TPSA) is 35.6 Å². The lowest BCUT2D eigenvalue weighted by atomic mass is 10.0. The van der Waals surface area contributed by atoms with Crippen LogP contribution in [0, 0.1) is 0 Å². The second-order valence-electron chi connectivity index (χ2n) is 7.41. The Labute approximate surface area is 146 Å². The van der Waals surface area contributed by atoms with Crippen LogP contribution in [0.25, 0.3) is 0 Å². The number of nitrogens with zero attached hydrogens (tertiary/aromatic N) is 2. The second kappa shape index (κ2) is 8.13. The van der Waals surface area contributed by atoms with Crippen LogP contribution in [0.5, 0.6) is 0 Å². The van der Waals surface area contributed by atoms with Crippen molar-refractivity contribution in [3.63, 3.8) is 0 Å². The maximum absolute atomic E-state index is 12.4. The number of piperazine rings is 1. The Kier molecular flexibility index (Phi) is 5.90. The van der Waals surface area contributed by atoms with E-state index in [1.165, 1.54) is 30.4 Å². The number of hydrogen-bond acceptors (Lipinski definition) is 3. The van der Waals surface area contributed by atoms with Gasteiger partial charge in [-0.25, -0.2) is 0 Å². The average Bonchev–Trinajstić information content (AvgIpc) is 3.04. The lowest BCUT2D eigenvalue weighted by molar-refractivity contribution is -0.121. The van der Waals surface area contributed by atoms with Crippen LogP contribution in [0.2, 0.25) is 0 Å². The van der Waals surface area contributed by atoms with E-state index in [9.17, 15) is 4.79 Å². The third kappa shape index (κ3) is 4.58. The molecule has 1 aliphatic heterocycles. The Morgan fingerprint density at radius 2 is 1.92 bits per heavy atom. The van der Waals surface area contributed by atoms with Crippen molar-refractivity contribution in [3.05, 3.63) is 34.9 Å². The minimum atomic E-state index is 0.161. The highest BCUT2D eigenvalue weighted by Gasteiger charge is 2.19. The summed E-state index contributed by atoms with van der Waals surface area (Å²) in [5.41, 5.74) is 4.08. The molecule has 1 N–H and O–H groups in total. The number of carbonyl (C=O) groups is 1. The molecule has 3 rings (SSSR count). The van der Waals surface area contributed by atoms with E-state index in [4.69, 9.17) is 0 Å². The van der Waals surface area contributed by atoms with Crippen LogP contribution in [0.4, 0.5) is 0 Å². The van der Waals surface area contributed by atoms with Crippen LogP contribution in [0.3, 0.4) is 0 Å². The lowest BCUT2D eigenvalue weighted by Gasteiger charge is -2.34. The molecule has 0 aromatic heterocycles. The Balaban J connectivity index is 1.49. The molecular formula is C20H31N3O. The number of amides is 1. The second-order valence-corrected chi connectivity index (χ2v) is 7.41. The van der Waals surface area contributed by atoms with Gasteiger partial charge in [-0.1, -0.05) is 25.1 Å². The molecule has 1 aromatic carbocycles. The highest BCUT2D eigenvalue weighted by atomic mass is 16.1. The van der Waals surface area contributed by atoms with Gasteiger partial charge in [0.15, 0.2) is 0 Å². The van der Waals surface area contributed by atoms with Crippen molar-refractivity contribution in [2.75, 3.05) is 39.8 Å². The zero-order chi connectivity index (χ0) is 16.9. The lowest BCUT2D eigenvalue weighted by Crippen LogP contribution is -2.50. The number of likely N-dealkylation sites (N-methyl/N-ethyl adjacent to an activating group) is 1. The summed E-state index contributed by atoms with van der Waals surface area (Å²) in [6, 6.07) is 6.84. The molecule has 1 aliphatic carbocycles. The smallest absolute Gasteiger partial charge is 0.224 e. The third-order valence-corrected chi connectivity index (χ3v) is 5.46. The molecule has 0 unspecified atom stereocenters. The third-order valence-electron chi connectivity index (χ3n) is 5.46. The van der Waals surface area contributed by atoms with Gasteiger partial charge in [0.25, 0.3) is 0 Å². The summed E-state index contributed by atoms with van der Waals surface area (Å²) in [5.74, 6) is 0.161. The van der Waals surface area contributed by atoms with Gasteiger partial charge < -0.3 is 10.2 Å². The van der Waals surface area contributed by atoms with Gasteiger partial charge in [0, 0.05) is 38.8 Å². The molecule has 132 valence electrons. The van der Waals surface area contributed by atoms with Crippen LogP contribution >= 0.6 is 0 Å². The minimum Gasteiger partial charge on any atom is -0.352 e. The molecule has 0 bridgehead atoms. The van der Waals surface area contributed by atoms with Gasteiger partial charge in [-0.2, -0.15) is 0 Å². The SMILES string of the molecule is CC[C@@H](CN1CCN(C)CC1)NC(=O)Cc1ccc2c(c1)CCC2. The number of rotatable bonds is 6. The summed E-state index contributed by atoms with van der Waals surface area (Å²) in [4.78, 5) is 17.3. The monoisotopic (exact) mass is 329 g/mol. The quantitative estimate of drug-likeness (QED) is 0.865. The maximum atomic E-state index is 12.4. The van der Waals surface area contributed by atoms with Crippen LogP contribution in [0.15, 0.2) is 18.2 Å². The zero-order valence-electron chi connectivity index (χ0n) is 15.2. The van der Waals surface area contributed by atoms with Crippen molar-refractivity contribution < 1.29 is 4.79 Å². The van der Waals surface area contributed by atoms with E-state index in [0.29, 0.717) is 6.42 Å². The van der Waals surface area contributed by atoms with Crippen LogP contribution in [-0.2, 0) is 24.1 Å². The van der Waals surface area contributed by atoms with E-state index < -0.39 is 0 Å². The van der Waals surface area contributed by atoms with Gasteiger partial charge >= 0.3 is 0 Å². The van der Waals surface area contributed by atoms with E-state index in [2.05, 4.69) is 47.3 Å². The zero-order valence-corrected chi connectivity index (χ0v) is 15.2. The van der Waals surface area contributed by atoms with Crippen LogP contribution < -0.4 is 5.32 Å². The molecule has 0 spiro atoms. The standard InChI is InChI=1S/C20H31N3O/c1-3-19(15-23-11-9-22(2)10-12-23)21-20(24)14-16-7-8-17-5-4-6-18(17)13-16/h7-8,13,19H,3-6,9-12,14-15H2,1-2H3,(H,21,24)/t19-/m0/s1. The first kappa shape index (κ1) is 17.4. The van der Waals surface area contributed by atoms with Gasteiger partial charge in [0.1, 0.15) is 0 Å². The Morgan fingerprint density at radius 3 is 2.67 bits per heavy atom. The fraction of sp³-hybridized carbons (Fsp3) is 0.650. The molecule has 0 radical (unpaired) electrons. The number of hydrogen-bond donors (Lipinski definition) is 1. The molecule has 2 aliphatic rings. The first-order valence-corrected chi connectivity index (χ1v) is 9.45. The molecule has 24 heavy (non-hydrogen) atoms. The first-order valence-electron chi connectivity index (χ1n) is 9.45. The molecule has 1 atom stereocenters. The van der Waals surface area contributed by atoms with Crippen LogP contribution in [0.1, 0.15) is 36.5 Å². The van der Waals surface area contributed by atoms with E-state index >= 15 is 0 Å². The molecule has 1 fully saturated rings. The molecule has 1 aromatic rings. The van der Waals surface area contributed by atoms with Crippen molar-refractivity contribution in [1.29, 1.82) is 0 Å². The van der Waals surface area contributed by atoms with Crippen molar-refractivity contribution in [2.45, 2.75) is 45.1 Å². The van der Waals surface area contributed by atoms with Crippen LogP contribution in [-0.4, -0.2) is 61.5 Å². The van der Waals surface area contributed by atoms with Gasteiger partial charge in [0.05, 0.1) is 6.42 Å². The summed E-state index contributed by atoms with van der Waals surface area (Å²) in [6.07, 6.45) is 5.12. The Hall–Kier alpha value is -1.39. The van der Waals surface area contributed by atoms with E-state index in [-0.39, 0.29) is 11.9 Å². The predicted molar refractivity (Wildman–Crippen MR) is 98.3 cm³/mol. The van der Waals surface area contributed by atoms with E-state index in [1.54, 1.807) is 0 Å². The normalized spacial score (nSPS) is 19.9. The van der Waals surface area contributed by atoms with Gasteiger partial charge in [0.2, 0.25) is 5.91 Å². The fourth-order valence-electron chi connectivity index (χ4n) is 3.82. The van der Waals surface area contributed by atoms with Crippen molar-refractivity contribution >= 4 is 5.91 Å². The highest BCUT2D eigenvalue weighted by Crippen LogP contribution is 2.23. The summed E-state index contributed by atoms with van der Waals surface area (Å²) in [6.45, 7) is 7.59. The van der Waals surface area contributed by atoms with E-state index in [0.717, 1.165) is 44.7 Å². The van der Waals surface area contributed by atoms with Gasteiger partial charge in [-0.05, 0) is 49.4 Å². The molecule has 1 saturated heterocycles. The molecule has 4 heteroatoms. The minimum absolute atomic E-state index is 0.161. The summed E-state index contributed by atoms with van der Waals surface area (Å²) < 4.78 is 0. The van der Waals surface area contributed by atoms with Crippen molar-refractivity contribution in [1.82, 2.24) is 15.1 Å². The number of carbonyl (C=O) groups excluding carboxylic acids is 1. The summed E-state index contributed by atoms with van der Waals surface area (Å²) in [5, 5.41) is 3.25. The number of fused-ring (bicyclic) bond motifs is 1. The molecule has 4 nitrogen and oxygen atoms in total. The Morgan fingerprint density at radius 1 is 1.17 bits per heavy atom. The molecule has 1 amide bonds. The molecule has 1 heterocycles. The van der Waals surface area contributed by atoms with Gasteiger partial charge in [-0.15, -0.1) is 0 Å². The summed E-state index contributed by atoms with van der Waals surface area (Å²) >= 11 is 0. The van der Waals surface area contributed by atoms with E-state index in [1.807, 2.05) is 0 Å². The highest BCUT2D eigenvalue weighted by molar-refractivity contribution is 5.79. The number of aryl methyl sites for hydroxylation is 2. The fourth-order valence-corrected chi connectivity index (χ4v) is 3.82. The number of nitrogens with one attached hydrogen (secondary N) is 1. The van der Waals surface area contributed by atoms with Crippen molar-refractivity contribution in [2.24, 2.45) is 0 Å². The average molecular weight is 329 g/mol. The van der Waals surface area contributed by atoms with Gasteiger partial charge in [-0.3, -0.25) is 9.69 Å². The molecular weight excluding hydrogens is 298 g/mol. The summed E-state index contributed by atoms with van der Waals surface area (Å²) in [7, 11) is 2.17. The first-order chi connectivity index (χ1) is 11.6.